The Morgan fingerprint density at radius 2 is 1.62 bits per heavy atom. The minimum Gasteiger partial charge on any atom is -0.506 e. The van der Waals surface area contributed by atoms with Crippen molar-refractivity contribution < 1.29 is 15.0 Å². The van der Waals surface area contributed by atoms with Gasteiger partial charge in [0.15, 0.2) is 0 Å². The zero-order valence-electron chi connectivity index (χ0n) is 26.5. The SMILES string of the molecule is Cc1c(C)n(CC(C)CN2CCN(C)CC2)c2ccc(Cc3ccc(C(=O)Nc4cc(O)c(-n5ccnc5)c(O)c4)cc3)cc12. The third-order valence-electron chi connectivity index (χ3n) is 9.08. The number of amides is 1. The Hall–Kier alpha value is -4.60. The highest BCUT2D eigenvalue weighted by Crippen LogP contribution is 2.35. The number of rotatable bonds is 9. The lowest BCUT2D eigenvalue weighted by Crippen LogP contribution is -2.46. The van der Waals surface area contributed by atoms with Gasteiger partial charge in [-0.3, -0.25) is 9.36 Å². The molecule has 5 aromatic rings. The third-order valence-corrected chi connectivity index (χ3v) is 9.08. The number of piperazine rings is 1. The number of hydrogen-bond acceptors (Lipinski definition) is 6. The third kappa shape index (κ3) is 6.60. The van der Waals surface area contributed by atoms with Gasteiger partial charge in [0, 0.05) is 91.6 Å². The molecule has 0 spiro atoms. The molecule has 6 rings (SSSR count). The monoisotopic (exact) mass is 606 g/mol. The van der Waals surface area contributed by atoms with Gasteiger partial charge >= 0.3 is 0 Å². The first-order valence-corrected chi connectivity index (χ1v) is 15.6. The van der Waals surface area contributed by atoms with Crippen LogP contribution in [0.1, 0.15) is 39.7 Å². The first kappa shape index (κ1) is 30.4. The summed E-state index contributed by atoms with van der Waals surface area (Å²) in [5, 5.41) is 25.0. The van der Waals surface area contributed by atoms with E-state index in [4.69, 9.17) is 0 Å². The summed E-state index contributed by atoms with van der Waals surface area (Å²) in [4.78, 5) is 21.9. The molecule has 0 saturated carbocycles. The van der Waals surface area contributed by atoms with Crippen molar-refractivity contribution in [2.75, 3.05) is 45.1 Å². The lowest BCUT2D eigenvalue weighted by molar-refractivity contribution is 0.102. The average Bonchev–Trinajstić information content (AvgIpc) is 3.62. The van der Waals surface area contributed by atoms with Crippen LogP contribution >= 0.6 is 0 Å². The fourth-order valence-corrected chi connectivity index (χ4v) is 6.43. The largest absolute Gasteiger partial charge is 0.506 e. The van der Waals surface area contributed by atoms with E-state index in [1.807, 2.05) is 12.1 Å². The Bertz CT molecular complexity index is 1780. The van der Waals surface area contributed by atoms with Crippen LogP contribution in [0.5, 0.6) is 11.5 Å². The number of imidazole rings is 1. The van der Waals surface area contributed by atoms with Crippen molar-refractivity contribution in [1.82, 2.24) is 23.9 Å². The highest BCUT2D eigenvalue weighted by molar-refractivity contribution is 6.04. The van der Waals surface area contributed by atoms with Crippen molar-refractivity contribution in [2.24, 2.45) is 5.92 Å². The second kappa shape index (κ2) is 12.8. The number of aromatic nitrogens is 3. The van der Waals surface area contributed by atoms with E-state index in [2.05, 4.69) is 70.7 Å². The first-order valence-electron chi connectivity index (χ1n) is 15.6. The van der Waals surface area contributed by atoms with Crippen molar-refractivity contribution in [3.05, 3.63) is 101 Å². The standard InChI is InChI=1S/C36H42N6O3/c1-24(21-40-15-13-39(4)14-16-40)22-42-26(3)25(2)31-18-28(7-10-32(31)42)17-27-5-8-29(9-6-27)36(45)38-30-19-33(43)35(34(44)20-30)41-12-11-37-23-41/h5-12,18-20,23-24,43-44H,13-17,21-22H2,1-4H3,(H,38,45). The average molecular weight is 607 g/mol. The van der Waals surface area contributed by atoms with Crippen LogP contribution in [0.2, 0.25) is 0 Å². The molecule has 1 saturated heterocycles. The molecule has 9 nitrogen and oxygen atoms in total. The van der Waals surface area contributed by atoms with Crippen LogP contribution in [0.25, 0.3) is 16.6 Å². The summed E-state index contributed by atoms with van der Waals surface area (Å²) < 4.78 is 4.00. The Labute approximate surface area is 264 Å². The van der Waals surface area contributed by atoms with Gasteiger partial charge in [0.2, 0.25) is 0 Å². The van der Waals surface area contributed by atoms with Crippen LogP contribution in [-0.4, -0.2) is 79.8 Å². The number of fused-ring (bicyclic) bond motifs is 1. The molecule has 2 aromatic heterocycles. The van der Waals surface area contributed by atoms with E-state index < -0.39 is 0 Å². The number of phenols is 2. The van der Waals surface area contributed by atoms with Gasteiger partial charge in [-0.2, -0.15) is 0 Å². The van der Waals surface area contributed by atoms with Crippen LogP contribution in [0.15, 0.2) is 73.3 Å². The molecule has 1 atom stereocenters. The van der Waals surface area contributed by atoms with Gasteiger partial charge in [0.05, 0.1) is 6.33 Å². The number of aryl methyl sites for hydroxylation is 1. The number of carbonyl (C=O) groups excluding carboxylic acids is 1. The fraction of sp³-hybridized carbons (Fsp3) is 0.333. The molecule has 1 unspecified atom stereocenters. The van der Waals surface area contributed by atoms with Crippen LogP contribution < -0.4 is 5.32 Å². The smallest absolute Gasteiger partial charge is 0.255 e. The van der Waals surface area contributed by atoms with Gasteiger partial charge in [-0.15, -0.1) is 0 Å². The van der Waals surface area contributed by atoms with E-state index >= 15 is 0 Å². The van der Waals surface area contributed by atoms with Gasteiger partial charge in [-0.1, -0.05) is 25.1 Å². The number of nitrogens with zero attached hydrogens (tertiary/aromatic N) is 5. The zero-order valence-corrected chi connectivity index (χ0v) is 26.5. The summed E-state index contributed by atoms with van der Waals surface area (Å²) in [6.07, 6.45) is 5.40. The molecule has 3 heterocycles. The maximum Gasteiger partial charge on any atom is 0.255 e. The number of hydrogen-bond donors (Lipinski definition) is 3. The summed E-state index contributed by atoms with van der Waals surface area (Å²) in [6.45, 7) is 13.6. The Morgan fingerprint density at radius 3 is 2.29 bits per heavy atom. The molecule has 0 aliphatic carbocycles. The molecule has 9 heteroatoms. The van der Waals surface area contributed by atoms with E-state index in [9.17, 15) is 15.0 Å². The van der Waals surface area contributed by atoms with Gasteiger partial charge in [-0.25, -0.2) is 4.98 Å². The second-order valence-corrected chi connectivity index (χ2v) is 12.5. The molecule has 1 fully saturated rings. The van der Waals surface area contributed by atoms with Gasteiger partial charge < -0.3 is 29.9 Å². The van der Waals surface area contributed by atoms with Crippen LogP contribution in [0, 0.1) is 19.8 Å². The van der Waals surface area contributed by atoms with Crippen LogP contribution in [0.3, 0.4) is 0 Å². The van der Waals surface area contributed by atoms with Crippen LogP contribution in [-0.2, 0) is 13.0 Å². The van der Waals surface area contributed by atoms with Crippen molar-refractivity contribution in [3.63, 3.8) is 0 Å². The minimum atomic E-state index is -0.327. The van der Waals surface area contributed by atoms with Crippen molar-refractivity contribution >= 4 is 22.5 Å². The molecule has 3 aromatic carbocycles. The van der Waals surface area contributed by atoms with E-state index in [0.717, 1.165) is 51.3 Å². The molecule has 1 amide bonds. The number of carbonyl (C=O) groups is 1. The summed E-state index contributed by atoms with van der Waals surface area (Å²) in [5.74, 6) is -0.102. The molecule has 45 heavy (non-hydrogen) atoms. The number of benzene rings is 3. The first-order chi connectivity index (χ1) is 21.7. The topological polar surface area (TPSA) is 98.8 Å². The van der Waals surface area contributed by atoms with Gasteiger partial charge in [-0.05, 0) is 74.2 Å². The molecule has 0 bridgehead atoms. The van der Waals surface area contributed by atoms with Gasteiger partial charge in [0.25, 0.3) is 5.91 Å². The Morgan fingerprint density at radius 1 is 0.933 bits per heavy atom. The van der Waals surface area contributed by atoms with Gasteiger partial charge in [0.1, 0.15) is 17.2 Å². The number of anilines is 1. The Balaban J connectivity index is 1.11. The Kier molecular flexibility index (Phi) is 8.65. The molecule has 234 valence electrons. The van der Waals surface area contributed by atoms with Crippen molar-refractivity contribution in [1.29, 1.82) is 0 Å². The molecular weight excluding hydrogens is 564 g/mol. The summed E-state index contributed by atoms with van der Waals surface area (Å²) in [5.41, 5.74) is 7.28. The van der Waals surface area contributed by atoms with Crippen molar-refractivity contribution in [3.8, 4) is 17.2 Å². The number of likely N-dealkylation sites (N-methyl/N-ethyl adjacent to an activating group) is 1. The molecule has 3 N–H and O–H groups in total. The van der Waals surface area contributed by atoms with E-state index in [0.29, 0.717) is 17.2 Å². The molecule has 1 aliphatic rings. The summed E-state index contributed by atoms with van der Waals surface area (Å²) in [7, 11) is 2.20. The quantitative estimate of drug-likeness (QED) is 0.203. The predicted octanol–water partition coefficient (Wildman–Crippen LogP) is 5.58. The van der Waals surface area contributed by atoms with E-state index in [1.54, 1.807) is 24.5 Å². The number of nitrogens with one attached hydrogen (secondary N) is 1. The predicted molar refractivity (Wildman–Crippen MR) is 179 cm³/mol. The maximum absolute atomic E-state index is 12.9. The van der Waals surface area contributed by atoms with E-state index in [-0.39, 0.29) is 23.1 Å². The molecule has 1 aliphatic heterocycles. The van der Waals surface area contributed by atoms with Crippen LogP contribution in [0.4, 0.5) is 5.69 Å². The highest BCUT2D eigenvalue weighted by Gasteiger charge is 2.19. The lowest BCUT2D eigenvalue weighted by Gasteiger charge is -2.34. The lowest BCUT2D eigenvalue weighted by atomic mass is 10.0. The minimum absolute atomic E-state index is 0.170. The van der Waals surface area contributed by atoms with Crippen molar-refractivity contribution in [2.45, 2.75) is 33.7 Å². The van der Waals surface area contributed by atoms with E-state index in [1.165, 1.54) is 50.8 Å². The molecule has 0 radical (unpaired) electrons. The number of aromatic hydroxyl groups is 2. The normalized spacial score (nSPS) is 15.0. The molecular formula is C36H42N6O3. The number of phenolic OH excluding ortho intramolecular Hbond substituents is 2. The maximum atomic E-state index is 12.9. The fourth-order valence-electron chi connectivity index (χ4n) is 6.43. The summed E-state index contributed by atoms with van der Waals surface area (Å²) >= 11 is 0. The zero-order chi connectivity index (χ0) is 31.7. The summed E-state index contributed by atoms with van der Waals surface area (Å²) in [6, 6.07) is 17.2. The second-order valence-electron chi connectivity index (χ2n) is 12.5. The highest BCUT2D eigenvalue weighted by atomic mass is 16.3.